The molecule has 1 aliphatic rings. The first kappa shape index (κ1) is 10.9. The largest absolute Gasteiger partial charge is 0.269 e. The third-order valence-corrected chi connectivity index (χ3v) is 3.47. The van der Waals surface area contributed by atoms with E-state index in [1.807, 2.05) is 0 Å². The van der Waals surface area contributed by atoms with E-state index >= 15 is 0 Å². The minimum absolute atomic E-state index is 0.0734. The molecule has 2 heterocycles. The number of nitrogens with zero attached hydrogens (tertiary/aromatic N) is 5. The fourth-order valence-electron chi connectivity index (χ4n) is 1.59. The number of thioether (sulfide) groups is 1. The zero-order valence-electron chi connectivity index (χ0n) is 9.05. The lowest BCUT2D eigenvalue weighted by atomic mass is 10.1. The highest BCUT2D eigenvalue weighted by Gasteiger charge is 2.16. The van der Waals surface area contributed by atoms with E-state index in [1.165, 1.54) is 16.9 Å². The van der Waals surface area contributed by atoms with Crippen LogP contribution in [-0.2, 0) is 0 Å². The number of nitro benzene ring substituents is 1. The maximum absolute atomic E-state index is 10.6. The lowest BCUT2D eigenvalue weighted by molar-refractivity contribution is -0.384. The van der Waals surface area contributed by atoms with Gasteiger partial charge in [-0.1, -0.05) is 11.8 Å². The van der Waals surface area contributed by atoms with E-state index < -0.39 is 4.92 Å². The molecular weight excluding hydrogens is 254 g/mol. The van der Waals surface area contributed by atoms with Gasteiger partial charge in [0.15, 0.2) is 0 Å². The van der Waals surface area contributed by atoms with Gasteiger partial charge in [-0.25, -0.2) is 0 Å². The first-order valence-corrected chi connectivity index (χ1v) is 6.09. The molecule has 1 aromatic heterocycles. The fourth-order valence-corrected chi connectivity index (χ4v) is 2.41. The van der Waals surface area contributed by atoms with Crippen LogP contribution in [0.2, 0.25) is 0 Å². The van der Waals surface area contributed by atoms with Crippen molar-refractivity contribution in [2.45, 2.75) is 5.03 Å². The van der Waals surface area contributed by atoms with Crippen LogP contribution in [0.5, 0.6) is 0 Å². The van der Waals surface area contributed by atoms with Crippen LogP contribution in [0, 0.1) is 10.1 Å². The van der Waals surface area contributed by atoms with Gasteiger partial charge in [0, 0.05) is 17.9 Å². The normalized spacial score (nSPS) is 13.9. The molecule has 0 saturated heterocycles. The molecule has 18 heavy (non-hydrogen) atoms. The SMILES string of the molecule is O=[N+]([O-])c1ccc(C2=Nn3nncc3SC2)cc1. The van der Waals surface area contributed by atoms with E-state index in [0.29, 0.717) is 5.75 Å². The van der Waals surface area contributed by atoms with Gasteiger partial charge in [0.2, 0.25) is 0 Å². The molecule has 2 aromatic rings. The average Bonchev–Trinajstić information content (AvgIpc) is 2.86. The summed E-state index contributed by atoms with van der Waals surface area (Å²) in [5.74, 6) is 0.700. The van der Waals surface area contributed by atoms with Crippen molar-refractivity contribution in [3.8, 4) is 0 Å². The Hall–Kier alpha value is -2.22. The summed E-state index contributed by atoms with van der Waals surface area (Å²) in [7, 11) is 0. The maximum Gasteiger partial charge on any atom is 0.269 e. The molecule has 0 radical (unpaired) electrons. The Kier molecular flexibility index (Phi) is 2.56. The first-order valence-electron chi connectivity index (χ1n) is 5.10. The third kappa shape index (κ3) is 1.86. The summed E-state index contributed by atoms with van der Waals surface area (Å²) < 4.78 is 0. The summed E-state index contributed by atoms with van der Waals surface area (Å²) in [5.41, 5.74) is 1.76. The van der Waals surface area contributed by atoms with Gasteiger partial charge in [-0.3, -0.25) is 10.1 Å². The number of non-ortho nitro benzene ring substituents is 1. The van der Waals surface area contributed by atoms with Gasteiger partial charge in [-0.2, -0.15) is 5.10 Å². The van der Waals surface area contributed by atoms with Gasteiger partial charge in [0.05, 0.1) is 16.8 Å². The Balaban J connectivity index is 1.94. The molecular formula is C10H7N5O2S. The van der Waals surface area contributed by atoms with Gasteiger partial charge in [0.1, 0.15) is 5.03 Å². The maximum atomic E-state index is 10.6. The van der Waals surface area contributed by atoms with E-state index in [-0.39, 0.29) is 5.69 Å². The molecule has 90 valence electrons. The van der Waals surface area contributed by atoms with Crippen molar-refractivity contribution in [3.63, 3.8) is 0 Å². The molecule has 7 nitrogen and oxygen atoms in total. The van der Waals surface area contributed by atoms with Crippen molar-refractivity contribution in [1.82, 2.24) is 15.1 Å². The molecule has 8 heteroatoms. The number of hydrogen-bond donors (Lipinski definition) is 0. The molecule has 3 rings (SSSR count). The van der Waals surface area contributed by atoms with Gasteiger partial charge < -0.3 is 0 Å². The molecule has 0 atom stereocenters. The van der Waals surface area contributed by atoms with Crippen LogP contribution in [0.3, 0.4) is 0 Å². The van der Waals surface area contributed by atoms with Gasteiger partial charge in [-0.05, 0) is 22.9 Å². The molecule has 0 unspecified atom stereocenters. The van der Waals surface area contributed by atoms with E-state index in [9.17, 15) is 10.1 Å². The minimum Gasteiger partial charge on any atom is -0.258 e. The highest BCUT2D eigenvalue weighted by molar-refractivity contribution is 8.00. The lowest BCUT2D eigenvalue weighted by Crippen LogP contribution is -2.13. The van der Waals surface area contributed by atoms with Crippen LogP contribution < -0.4 is 0 Å². The third-order valence-electron chi connectivity index (χ3n) is 2.49. The second-order valence-electron chi connectivity index (χ2n) is 3.60. The Morgan fingerprint density at radius 3 is 2.83 bits per heavy atom. The lowest BCUT2D eigenvalue weighted by Gasteiger charge is -2.11. The molecule has 0 spiro atoms. The van der Waals surface area contributed by atoms with Crippen molar-refractivity contribution < 1.29 is 4.92 Å². The molecule has 1 aliphatic heterocycles. The summed E-state index contributed by atoms with van der Waals surface area (Å²) in [6.45, 7) is 0. The van der Waals surface area contributed by atoms with Gasteiger partial charge >= 0.3 is 0 Å². The van der Waals surface area contributed by atoms with Crippen molar-refractivity contribution >= 4 is 23.2 Å². The highest BCUT2D eigenvalue weighted by Crippen LogP contribution is 2.23. The molecule has 0 N–H and O–H groups in total. The topological polar surface area (TPSA) is 86.2 Å². The number of fused-ring (bicyclic) bond motifs is 1. The molecule has 0 fully saturated rings. The van der Waals surface area contributed by atoms with Crippen molar-refractivity contribution in [2.24, 2.45) is 5.10 Å². The van der Waals surface area contributed by atoms with Gasteiger partial charge in [0.25, 0.3) is 5.69 Å². The Bertz CT molecular complexity index is 634. The second kappa shape index (κ2) is 4.22. The van der Waals surface area contributed by atoms with E-state index in [1.54, 1.807) is 30.1 Å². The van der Waals surface area contributed by atoms with Crippen LogP contribution in [0.15, 0.2) is 40.6 Å². The summed E-state index contributed by atoms with van der Waals surface area (Å²) in [4.78, 5) is 11.6. The Labute approximate surface area is 106 Å². The smallest absolute Gasteiger partial charge is 0.258 e. The van der Waals surface area contributed by atoms with Crippen LogP contribution in [0.1, 0.15) is 5.56 Å². The first-order chi connectivity index (χ1) is 8.74. The highest BCUT2D eigenvalue weighted by atomic mass is 32.2. The van der Waals surface area contributed by atoms with Crippen LogP contribution in [0.4, 0.5) is 5.69 Å². The van der Waals surface area contributed by atoms with Crippen molar-refractivity contribution in [3.05, 3.63) is 46.1 Å². The number of hydrogen-bond acceptors (Lipinski definition) is 6. The monoisotopic (exact) mass is 261 g/mol. The molecule has 0 aliphatic carbocycles. The predicted molar refractivity (Wildman–Crippen MR) is 65.8 cm³/mol. The number of benzene rings is 1. The molecule has 0 amide bonds. The van der Waals surface area contributed by atoms with Gasteiger partial charge in [-0.15, -0.1) is 9.89 Å². The zero-order valence-corrected chi connectivity index (χ0v) is 9.87. The number of nitro groups is 1. The summed E-state index contributed by atoms with van der Waals surface area (Å²) in [6, 6.07) is 6.33. The summed E-state index contributed by atoms with van der Waals surface area (Å²) >= 11 is 1.58. The Morgan fingerprint density at radius 1 is 1.33 bits per heavy atom. The fraction of sp³-hybridized carbons (Fsp3) is 0.100. The number of rotatable bonds is 2. The molecule has 0 bridgehead atoms. The van der Waals surface area contributed by atoms with Crippen LogP contribution in [0.25, 0.3) is 0 Å². The standard InChI is InChI=1S/C10H7N5O2S/c16-15(17)8-3-1-7(2-4-8)9-6-18-10-5-11-13-14(10)12-9/h1-5H,6H2. The quantitative estimate of drug-likeness (QED) is 0.604. The molecule has 0 saturated carbocycles. The zero-order chi connectivity index (χ0) is 12.5. The average molecular weight is 261 g/mol. The van der Waals surface area contributed by atoms with E-state index in [0.717, 1.165) is 16.3 Å². The van der Waals surface area contributed by atoms with Crippen molar-refractivity contribution in [1.29, 1.82) is 0 Å². The van der Waals surface area contributed by atoms with Crippen molar-refractivity contribution in [2.75, 3.05) is 5.75 Å². The van der Waals surface area contributed by atoms with E-state index in [2.05, 4.69) is 15.4 Å². The summed E-state index contributed by atoms with van der Waals surface area (Å²) in [5, 5.41) is 23.4. The van der Waals surface area contributed by atoms with E-state index in [4.69, 9.17) is 0 Å². The minimum atomic E-state index is -0.420. The Morgan fingerprint density at radius 2 is 2.11 bits per heavy atom. The predicted octanol–water partition coefficient (Wildman–Crippen LogP) is 1.54. The van der Waals surface area contributed by atoms with Crippen LogP contribution >= 0.6 is 11.8 Å². The summed E-state index contributed by atoms with van der Waals surface area (Å²) in [6.07, 6.45) is 1.65. The number of aromatic nitrogens is 3. The van der Waals surface area contributed by atoms with Crippen LogP contribution in [-0.4, -0.2) is 31.5 Å². The second-order valence-corrected chi connectivity index (χ2v) is 4.60. The molecule has 1 aromatic carbocycles.